The summed E-state index contributed by atoms with van der Waals surface area (Å²) in [5.41, 5.74) is 3.48. The average Bonchev–Trinajstić information content (AvgIpc) is 3.18. The van der Waals surface area contributed by atoms with Crippen LogP contribution in [-0.4, -0.2) is 39.9 Å². The van der Waals surface area contributed by atoms with E-state index >= 15 is 0 Å². The van der Waals surface area contributed by atoms with E-state index in [1.165, 1.54) is 11.8 Å². The van der Waals surface area contributed by atoms with E-state index in [9.17, 15) is 9.59 Å². The molecule has 30 heavy (non-hydrogen) atoms. The third kappa shape index (κ3) is 6.08. The molecule has 8 nitrogen and oxygen atoms in total. The first-order chi connectivity index (χ1) is 14.4. The summed E-state index contributed by atoms with van der Waals surface area (Å²) in [6, 6.07) is 12.7. The van der Waals surface area contributed by atoms with Crippen LogP contribution < -0.4 is 15.4 Å². The minimum atomic E-state index is -0.226. The Bertz CT molecular complexity index is 1010. The van der Waals surface area contributed by atoms with Crippen LogP contribution in [0.1, 0.15) is 27.3 Å². The lowest BCUT2D eigenvalue weighted by Crippen LogP contribution is -2.23. The summed E-state index contributed by atoms with van der Waals surface area (Å²) < 4.78 is 5.08. The Labute approximate surface area is 178 Å². The SMILES string of the molecule is COc1ccc(C(=O)NCc2nc(SCC(=O)Nc3cc(C)cc(C)c3)n[nH]2)cc1. The van der Waals surface area contributed by atoms with E-state index in [1.54, 1.807) is 31.4 Å². The molecule has 2 aromatic carbocycles. The molecule has 3 aromatic rings. The number of hydrogen-bond donors (Lipinski definition) is 3. The second-order valence-electron chi connectivity index (χ2n) is 6.69. The van der Waals surface area contributed by atoms with Gasteiger partial charge in [0, 0.05) is 11.3 Å². The van der Waals surface area contributed by atoms with E-state index in [2.05, 4.69) is 25.8 Å². The monoisotopic (exact) mass is 425 g/mol. The summed E-state index contributed by atoms with van der Waals surface area (Å²) in [7, 11) is 1.57. The highest BCUT2D eigenvalue weighted by molar-refractivity contribution is 7.99. The minimum absolute atomic E-state index is 0.135. The number of H-pyrrole nitrogens is 1. The number of anilines is 1. The molecule has 1 heterocycles. The van der Waals surface area contributed by atoms with Gasteiger partial charge in [-0.2, -0.15) is 0 Å². The lowest BCUT2D eigenvalue weighted by Gasteiger charge is -2.06. The van der Waals surface area contributed by atoms with Crippen molar-refractivity contribution in [3.05, 3.63) is 65.0 Å². The largest absolute Gasteiger partial charge is 0.497 e. The molecular weight excluding hydrogens is 402 g/mol. The number of carbonyl (C=O) groups excluding carboxylic acids is 2. The predicted molar refractivity (Wildman–Crippen MR) is 116 cm³/mol. The summed E-state index contributed by atoms with van der Waals surface area (Å²) in [6.45, 7) is 4.17. The van der Waals surface area contributed by atoms with Gasteiger partial charge in [-0.05, 0) is 61.4 Å². The second kappa shape index (κ2) is 9.93. The molecule has 0 saturated heterocycles. The maximum Gasteiger partial charge on any atom is 0.251 e. The van der Waals surface area contributed by atoms with Gasteiger partial charge < -0.3 is 15.4 Å². The quantitative estimate of drug-likeness (QED) is 0.479. The van der Waals surface area contributed by atoms with E-state index < -0.39 is 0 Å². The molecule has 156 valence electrons. The first-order valence-corrected chi connectivity index (χ1v) is 10.3. The summed E-state index contributed by atoms with van der Waals surface area (Å²) in [6.07, 6.45) is 0. The van der Waals surface area contributed by atoms with Crippen LogP contribution in [0.15, 0.2) is 47.6 Å². The number of amides is 2. The standard InChI is InChI=1S/C21H23N5O3S/c1-13-8-14(2)10-16(9-13)23-19(27)12-30-21-24-18(25-26-21)11-22-20(28)15-4-6-17(29-3)7-5-15/h4-10H,11-12H2,1-3H3,(H,22,28)(H,23,27)(H,24,25,26). The predicted octanol–water partition coefficient (Wildman–Crippen LogP) is 3.09. The zero-order chi connectivity index (χ0) is 21.5. The van der Waals surface area contributed by atoms with Crippen molar-refractivity contribution < 1.29 is 14.3 Å². The Morgan fingerprint density at radius 3 is 2.47 bits per heavy atom. The van der Waals surface area contributed by atoms with Crippen molar-refractivity contribution in [2.45, 2.75) is 25.5 Å². The molecule has 0 saturated carbocycles. The van der Waals surface area contributed by atoms with Crippen molar-refractivity contribution in [3.63, 3.8) is 0 Å². The Morgan fingerprint density at radius 1 is 1.10 bits per heavy atom. The van der Waals surface area contributed by atoms with Crippen LogP contribution in [-0.2, 0) is 11.3 Å². The Kier molecular flexibility index (Phi) is 7.08. The maximum absolute atomic E-state index is 12.2. The van der Waals surface area contributed by atoms with E-state index in [-0.39, 0.29) is 24.1 Å². The molecule has 0 bridgehead atoms. The van der Waals surface area contributed by atoms with E-state index in [1.807, 2.05) is 32.0 Å². The van der Waals surface area contributed by atoms with Gasteiger partial charge in [0.05, 0.1) is 19.4 Å². The number of aryl methyl sites for hydroxylation is 2. The summed E-state index contributed by atoms with van der Waals surface area (Å²) in [5.74, 6) is 1.02. The van der Waals surface area contributed by atoms with Gasteiger partial charge in [0.1, 0.15) is 11.6 Å². The number of thioether (sulfide) groups is 1. The molecule has 0 unspecified atom stereocenters. The van der Waals surface area contributed by atoms with Crippen LogP contribution >= 0.6 is 11.8 Å². The van der Waals surface area contributed by atoms with Gasteiger partial charge in [-0.15, -0.1) is 5.10 Å². The number of aromatic amines is 1. The molecule has 0 fully saturated rings. The van der Waals surface area contributed by atoms with Crippen LogP contribution in [0.2, 0.25) is 0 Å². The molecule has 2 amide bonds. The highest BCUT2D eigenvalue weighted by atomic mass is 32.2. The zero-order valence-electron chi connectivity index (χ0n) is 17.0. The van der Waals surface area contributed by atoms with Crippen LogP contribution in [0.4, 0.5) is 5.69 Å². The number of aromatic nitrogens is 3. The Balaban J connectivity index is 1.46. The van der Waals surface area contributed by atoms with Gasteiger partial charge in [-0.3, -0.25) is 14.7 Å². The van der Waals surface area contributed by atoms with Crippen molar-refractivity contribution in [3.8, 4) is 5.75 Å². The third-order valence-electron chi connectivity index (χ3n) is 4.12. The number of nitrogens with zero attached hydrogens (tertiary/aromatic N) is 2. The number of rotatable bonds is 8. The van der Waals surface area contributed by atoms with Crippen molar-refractivity contribution >= 4 is 29.3 Å². The number of ether oxygens (including phenoxy) is 1. The minimum Gasteiger partial charge on any atom is -0.497 e. The van der Waals surface area contributed by atoms with E-state index in [0.717, 1.165) is 16.8 Å². The zero-order valence-corrected chi connectivity index (χ0v) is 17.8. The van der Waals surface area contributed by atoms with E-state index in [0.29, 0.717) is 22.3 Å². The van der Waals surface area contributed by atoms with Crippen LogP contribution in [0.3, 0.4) is 0 Å². The molecule has 0 aliphatic rings. The van der Waals surface area contributed by atoms with Gasteiger partial charge in [0.15, 0.2) is 0 Å². The summed E-state index contributed by atoms with van der Waals surface area (Å²) in [5, 5.41) is 12.9. The van der Waals surface area contributed by atoms with Gasteiger partial charge >= 0.3 is 0 Å². The van der Waals surface area contributed by atoms with Gasteiger partial charge in [-0.25, -0.2) is 4.98 Å². The molecule has 3 N–H and O–H groups in total. The summed E-state index contributed by atoms with van der Waals surface area (Å²) >= 11 is 1.22. The van der Waals surface area contributed by atoms with Gasteiger partial charge in [0.25, 0.3) is 5.91 Å². The molecule has 0 radical (unpaired) electrons. The fourth-order valence-corrected chi connectivity index (χ4v) is 3.42. The molecule has 1 aromatic heterocycles. The molecule has 0 aliphatic heterocycles. The molecule has 9 heteroatoms. The van der Waals surface area contributed by atoms with Crippen LogP contribution in [0.25, 0.3) is 0 Å². The topological polar surface area (TPSA) is 109 Å². The highest BCUT2D eigenvalue weighted by Gasteiger charge is 2.10. The normalized spacial score (nSPS) is 10.5. The lowest BCUT2D eigenvalue weighted by atomic mass is 10.1. The van der Waals surface area contributed by atoms with Crippen LogP contribution in [0.5, 0.6) is 5.75 Å². The third-order valence-corrected chi connectivity index (χ3v) is 4.96. The number of carbonyl (C=O) groups is 2. The molecule has 0 aliphatic carbocycles. The maximum atomic E-state index is 12.2. The average molecular weight is 426 g/mol. The number of nitrogens with one attached hydrogen (secondary N) is 3. The summed E-state index contributed by atoms with van der Waals surface area (Å²) in [4.78, 5) is 28.6. The first kappa shape index (κ1) is 21.4. The van der Waals surface area contributed by atoms with Gasteiger partial charge in [0.2, 0.25) is 11.1 Å². The smallest absolute Gasteiger partial charge is 0.251 e. The van der Waals surface area contributed by atoms with Crippen molar-refractivity contribution in [1.82, 2.24) is 20.5 Å². The number of methoxy groups -OCH3 is 1. The number of hydrogen-bond acceptors (Lipinski definition) is 6. The van der Waals surface area contributed by atoms with Crippen molar-refractivity contribution in [1.29, 1.82) is 0 Å². The molecular formula is C21H23N5O3S. The van der Waals surface area contributed by atoms with E-state index in [4.69, 9.17) is 4.74 Å². The molecule has 0 atom stereocenters. The Hall–Kier alpha value is -3.33. The van der Waals surface area contributed by atoms with Gasteiger partial charge in [-0.1, -0.05) is 17.8 Å². The van der Waals surface area contributed by atoms with Crippen molar-refractivity contribution in [2.75, 3.05) is 18.2 Å². The fraction of sp³-hybridized carbons (Fsp3) is 0.238. The molecule has 3 rings (SSSR count). The number of benzene rings is 2. The van der Waals surface area contributed by atoms with Crippen molar-refractivity contribution in [2.24, 2.45) is 0 Å². The lowest BCUT2D eigenvalue weighted by molar-refractivity contribution is -0.113. The highest BCUT2D eigenvalue weighted by Crippen LogP contribution is 2.16. The second-order valence-corrected chi connectivity index (χ2v) is 7.63. The fourth-order valence-electron chi connectivity index (χ4n) is 2.80. The Morgan fingerprint density at radius 2 is 1.80 bits per heavy atom. The first-order valence-electron chi connectivity index (χ1n) is 9.27. The molecule has 0 spiro atoms. The van der Waals surface area contributed by atoms with Crippen LogP contribution in [0, 0.1) is 13.8 Å².